The number of benzene rings is 1. The molecule has 1 amide bonds. The fraction of sp³-hybridized carbons (Fsp3) is 0.400. The van der Waals surface area contributed by atoms with Crippen molar-refractivity contribution in [1.82, 2.24) is 15.0 Å². The van der Waals surface area contributed by atoms with Crippen molar-refractivity contribution in [3.05, 3.63) is 35.7 Å². The van der Waals surface area contributed by atoms with Gasteiger partial charge in [0.15, 0.2) is 5.82 Å². The number of hydrogen-bond acceptors (Lipinski definition) is 5. The summed E-state index contributed by atoms with van der Waals surface area (Å²) in [5, 5.41) is 13.0. The molecule has 0 saturated heterocycles. The van der Waals surface area contributed by atoms with Gasteiger partial charge in [0.05, 0.1) is 6.10 Å². The second kappa shape index (κ2) is 6.49. The third-order valence-corrected chi connectivity index (χ3v) is 3.14. The van der Waals surface area contributed by atoms with E-state index in [1.165, 1.54) is 0 Å². The Kier molecular flexibility index (Phi) is 4.70. The topological polar surface area (TPSA) is 79.5 Å². The second-order valence-corrected chi connectivity index (χ2v) is 5.09. The Morgan fingerprint density at radius 2 is 2.05 bits per heavy atom. The van der Waals surface area contributed by atoms with Gasteiger partial charge >= 0.3 is 0 Å². The van der Waals surface area contributed by atoms with Crippen molar-refractivity contribution in [3.63, 3.8) is 0 Å². The zero-order valence-electron chi connectivity index (χ0n) is 12.4. The number of hydrogen-bond donors (Lipinski definition) is 1. The van der Waals surface area contributed by atoms with E-state index in [0.29, 0.717) is 30.2 Å². The van der Waals surface area contributed by atoms with Crippen LogP contribution in [0.15, 0.2) is 28.8 Å². The molecule has 1 aromatic heterocycles. The van der Waals surface area contributed by atoms with Crippen LogP contribution in [-0.4, -0.2) is 45.8 Å². The standard InChI is InChI=1S/C15H19N3O3/c1-10(19)8-9-18(3)15(20)13-6-4-12(5-7-13)14-16-11(2)17-21-14/h4-7,10,19H,8-9H2,1-3H3. The fourth-order valence-corrected chi connectivity index (χ4v) is 1.87. The van der Waals surface area contributed by atoms with E-state index >= 15 is 0 Å². The predicted octanol–water partition coefficient (Wildman–Crippen LogP) is 1.89. The Hall–Kier alpha value is -2.21. The zero-order valence-corrected chi connectivity index (χ0v) is 12.4. The first-order valence-corrected chi connectivity index (χ1v) is 6.81. The summed E-state index contributed by atoms with van der Waals surface area (Å²) in [5.41, 5.74) is 1.36. The van der Waals surface area contributed by atoms with E-state index in [2.05, 4.69) is 10.1 Å². The average Bonchev–Trinajstić information content (AvgIpc) is 2.90. The van der Waals surface area contributed by atoms with Crippen LogP contribution in [-0.2, 0) is 0 Å². The normalized spacial score (nSPS) is 12.2. The van der Waals surface area contributed by atoms with Gasteiger partial charge in [0, 0.05) is 24.7 Å². The van der Waals surface area contributed by atoms with Crippen LogP contribution < -0.4 is 0 Å². The lowest BCUT2D eigenvalue weighted by molar-refractivity contribution is 0.0769. The number of aliphatic hydroxyl groups excluding tert-OH is 1. The Labute approximate surface area is 123 Å². The maximum absolute atomic E-state index is 12.2. The molecule has 0 aliphatic heterocycles. The molecule has 0 aliphatic rings. The van der Waals surface area contributed by atoms with E-state index in [1.54, 1.807) is 50.1 Å². The number of carbonyl (C=O) groups excluding carboxylic acids is 1. The Morgan fingerprint density at radius 1 is 1.38 bits per heavy atom. The predicted molar refractivity (Wildman–Crippen MR) is 77.7 cm³/mol. The third kappa shape index (κ3) is 3.88. The number of rotatable bonds is 5. The van der Waals surface area contributed by atoms with Crippen molar-refractivity contribution in [2.45, 2.75) is 26.4 Å². The SMILES string of the molecule is Cc1noc(-c2ccc(C(=O)N(C)CCC(C)O)cc2)n1. The summed E-state index contributed by atoms with van der Waals surface area (Å²) in [6, 6.07) is 7.03. The van der Waals surface area contributed by atoms with Gasteiger partial charge in [0.25, 0.3) is 11.8 Å². The van der Waals surface area contributed by atoms with Gasteiger partial charge in [-0.1, -0.05) is 5.16 Å². The van der Waals surface area contributed by atoms with E-state index in [1.807, 2.05) is 0 Å². The molecule has 2 aromatic rings. The summed E-state index contributed by atoms with van der Waals surface area (Å²) in [7, 11) is 1.72. The van der Waals surface area contributed by atoms with Crippen LogP contribution in [0.25, 0.3) is 11.5 Å². The van der Waals surface area contributed by atoms with E-state index < -0.39 is 6.10 Å². The minimum Gasteiger partial charge on any atom is -0.393 e. The summed E-state index contributed by atoms with van der Waals surface area (Å²) in [4.78, 5) is 17.9. The fourth-order valence-electron chi connectivity index (χ4n) is 1.87. The summed E-state index contributed by atoms with van der Waals surface area (Å²) < 4.78 is 5.08. The molecule has 0 spiro atoms. The molecule has 1 heterocycles. The molecule has 21 heavy (non-hydrogen) atoms. The van der Waals surface area contributed by atoms with Gasteiger partial charge in [0.1, 0.15) is 0 Å². The maximum atomic E-state index is 12.2. The smallest absolute Gasteiger partial charge is 0.257 e. The average molecular weight is 289 g/mol. The minimum atomic E-state index is -0.414. The highest BCUT2D eigenvalue weighted by molar-refractivity contribution is 5.94. The number of aromatic nitrogens is 2. The van der Waals surface area contributed by atoms with Gasteiger partial charge < -0.3 is 14.5 Å². The van der Waals surface area contributed by atoms with E-state index in [-0.39, 0.29) is 5.91 Å². The van der Waals surface area contributed by atoms with Crippen LogP contribution in [0.2, 0.25) is 0 Å². The molecule has 1 atom stereocenters. The summed E-state index contributed by atoms with van der Waals surface area (Å²) in [6.45, 7) is 3.97. The molecule has 0 bridgehead atoms. The lowest BCUT2D eigenvalue weighted by Gasteiger charge is -2.18. The van der Waals surface area contributed by atoms with Crippen molar-refractivity contribution in [2.24, 2.45) is 0 Å². The Bertz CT molecular complexity index is 605. The van der Waals surface area contributed by atoms with Crippen LogP contribution in [0.4, 0.5) is 0 Å². The summed E-state index contributed by atoms with van der Waals surface area (Å²) in [6.07, 6.45) is 0.144. The number of nitrogens with zero attached hydrogens (tertiary/aromatic N) is 3. The molecule has 0 fully saturated rings. The molecule has 0 radical (unpaired) electrons. The molecule has 1 aromatic carbocycles. The van der Waals surface area contributed by atoms with Crippen molar-refractivity contribution in [3.8, 4) is 11.5 Å². The summed E-state index contributed by atoms with van der Waals surface area (Å²) in [5.74, 6) is 0.931. The van der Waals surface area contributed by atoms with Crippen molar-refractivity contribution >= 4 is 5.91 Å². The lowest BCUT2D eigenvalue weighted by Crippen LogP contribution is -2.29. The third-order valence-electron chi connectivity index (χ3n) is 3.14. The molecule has 0 saturated carbocycles. The van der Waals surface area contributed by atoms with Crippen molar-refractivity contribution in [2.75, 3.05) is 13.6 Å². The van der Waals surface area contributed by atoms with Gasteiger partial charge in [-0.2, -0.15) is 4.98 Å². The number of aliphatic hydroxyl groups is 1. The number of carbonyl (C=O) groups is 1. The first-order chi connectivity index (χ1) is 9.97. The molecule has 112 valence electrons. The largest absolute Gasteiger partial charge is 0.393 e. The van der Waals surface area contributed by atoms with Crippen LogP contribution in [0.5, 0.6) is 0 Å². The highest BCUT2D eigenvalue weighted by atomic mass is 16.5. The van der Waals surface area contributed by atoms with Gasteiger partial charge in [-0.05, 0) is 44.5 Å². The van der Waals surface area contributed by atoms with Crippen LogP contribution in [0, 0.1) is 6.92 Å². The Morgan fingerprint density at radius 3 is 2.57 bits per heavy atom. The van der Waals surface area contributed by atoms with E-state index in [4.69, 9.17) is 4.52 Å². The van der Waals surface area contributed by atoms with Crippen molar-refractivity contribution in [1.29, 1.82) is 0 Å². The van der Waals surface area contributed by atoms with E-state index in [0.717, 1.165) is 5.56 Å². The van der Waals surface area contributed by atoms with Gasteiger partial charge in [-0.25, -0.2) is 0 Å². The van der Waals surface area contributed by atoms with Crippen LogP contribution in [0.3, 0.4) is 0 Å². The van der Waals surface area contributed by atoms with Gasteiger partial charge in [-0.3, -0.25) is 4.79 Å². The van der Waals surface area contributed by atoms with E-state index in [9.17, 15) is 9.90 Å². The number of amides is 1. The van der Waals surface area contributed by atoms with Crippen LogP contribution in [0.1, 0.15) is 29.5 Å². The lowest BCUT2D eigenvalue weighted by atomic mass is 10.1. The second-order valence-electron chi connectivity index (χ2n) is 5.09. The number of aryl methyl sites for hydroxylation is 1. The van der Waals surface area contributed by atoms with Crippen LogP contribution >= 0.6 is 0 Å². The molecule has 2 rings (SSSR count). The van der Waals surface area contributed by atoms with Gasteiger partial charge in [0.2, 0.25) is 0 Å². The van der Waals surface area contributed by atoms with Crippen molar-refractivity contribution < 1.29 is 14.4 Å². The molecule has 1 N–H and O–H groups in total. The minimum absolute atomic E-state index is 0.0797. The molecule has 1 unspecified atom stereocenters. The summed E-state index contributed by atoms with van der Waals surface area (Å²) >= 11 is 0. The Balaban J connectivity index is 2.06. The first-order valence-electron chi connectivity index (χ1n) is 6.81. The highest BCUT2D eigenvalue weighted by Crippen LogP contribution is 2.18. The quantitative estimate of drug-likeness (QED) is 0.909. The highest BCUT2D eigenvalue weighted by Gasteiger charge is 2.13. The molecular formula is C15H19N3O3. The van der Waals surface area contributed by atoms with Gasteiger partial charge in [-0.15, -0.1) is 0 Å². The molecule has 0 aliphatic carbocycles. The monoisotopic (exact) mass is 289 g/mol. The maximum Gasteiger partial charge on any atom is 0.257 e. The zero-order chi connectivity index (χ0) is 15.4. The molecular weight excluding hydrogens is 270 g/mol. The molecule has 6 heteroatoms. The first kappa shape index (κ1) is 15.2. The molecule has 6 nitrogen and oxygen atoms in total.